The maximum atomic E-state index is 12.4. The van der Waals surface area contributed by atoms with Crippen molar-refractivity contribution in [2.24, 2.45) is 0 Å². The summed E-state index contributed by atoms with van der Waals surface area (Å²) in [5, 5.41) is 6.64. The van der Waals surface area contributed by atoms with E-state index < -0.39 is 11.7 Å². The summed E-state index contributed by atoms with van der Waals surface area (Å²) in [5.74, 6) is 0. The number of alkyl halides is 3. The van der Waals surface area contributed by atoms with Crippen LogP contribution in [-0.4, -0.2) is 10.2 Å². The molecule has 0 bridgehead atoms. The molecule has 0 atom stereocenters. The first kappa shape index (κ1) is 8.86. The molecule has 3 N–H and O–H groups in total. The molecule has 14 heavy (non-hydrogen) atoms. The van der Waals surface area contributed by atoms with Gasteiger partial charge in [0.25, 0.3) is 0 Å². The molecular weight excluding hydrogens is 195 g/mol. The molecule has 2 rings (SSSR count). The fraction of sp³-hybridized carbons (Fsp3) is 0.125. The van der Waals surface area contributed by atoms with Crippen molar-refractivity contribution in [2.45, 2.75) is 6.18 Å². The van der Waals surface area contributed by atoms with Crippen molar-refractivity contribution in [3.63, 3.8) is 0 Å². The summed E-state index contributed by atoms with van der Waals surface area (Å²) < 4.78 is 37.1. The van der Waals surface area contributed by atoms with Crippen LogP contribution in [-0.2, 0) is 6.18 Å². The van der Waals surface area contributed by atoms with Gasteiger partial charge in [0.15, 0.2) is 0 Å². The molecule has 1 aromatic heterocycles. The number of nitrogens with one attached hydrogen (secondary N) is 1. The van der Waals surface area contributed by atoms with Gasteiger partial charge in [0.05, 0.1) is 17.3 Å². The van der Waals surface area contributed by atoms with E-state index in [1.807, 2.05) is 0 Å². The quantitative estimate of drug-likeness (QED) is 0.641. The number of rotatable bonds is 0. The fourth-order valence-corrected chi connectivity index (χ4v) is 1.25. The van der Waals surface area contributed by atoms with Gasteiger partial charge in [0, 0.05) is 11.1 Å². The second kappa shape index (κ2) is 2.63. The Labute approximate surface area is 76.7 Å². The third-order valence-corrected chi connectivity index (χ3v) is 1.92. The normalized spacial score (nSPS) is 12.2. The van der Waals surface area contributed by atoms with Crippen LogP contribution in [0.3, 0.4) is 0 Å². The number of hydrogen-bond acceptors (Lipinski definition) is 2. The summed E-state index contributed by atoms with van der Waals surface area (Å²) in [6.45, 7) is 0. The lowest BCUT2D eigenvalue weighted by Crippen LogP contribution is -2.08. The number of aromatic amines is 1. The van der Waals surface area contributed by atoms with Gasteiger partial charge in [-0.05, 0) is 12.1 Å². The van der Waals surface area contributed by atoms with Crippen molar-refractivity contribution in [2.75, 3.05) is 5.73 Å². The van der Waals surface area contributed by atoms with Gasteiger partial charge in [-0.25, -0.2) is 0 Å². The number of nitrogens with zero attached hydrogens (tertiary/aromatic N) is 1. The summed E-state index contributed by atoms with van der Waals surface area (Å²) in [6.07, 6.45) is -3.00. The first-order valence-corrected chi connectivity index (χ1v) is 3.78. The molecule has 74 valence electrons. The number of fused-ring (bicyclic) bond motifs is 1. The molecular formula is C8H6F3N3. The van der Waals surface area contributed by atoms with Crippen molar-refractivity contribution in [1.29, 1.82) is 0 Å². The van der Waals surface area contributed by atoms with E-state index in [0.29, 0.717) is 10.9 Å². The molecule has 0 fully saturated rings. The second-order valence-corrected chi connectivity index (χ2v) is 2.89. The molecule has 1 aromatic carbocycles. The van der Waals surface area contributed by atoms with Gasteiger partial charge < -0.3 is 5.73 Å². The lowest BCUT2D eigenvalue weighted by molar-refractivity contribution is -0.136. The predicted octanol–water partition coefficient (Wildman–Crippen LogP) is 2.16. The molecule has 0 saturated heterocycles. The highest BCUT2D eigenvalue weighted by molar-refractivity contribution is 5.83. The minimum atomic E-state index is -4.43. The van der Waals surface area contributed by atoms with Gasteiger partial charge >= 0.3 is 6.18 Å². The van der Waals surface area contributed by atoms with E-state index >= 15 is 0 Å². The number of hydrogen-bond donors (Lipinski definition) is 2. The van der Waals surface area contributed by atoms with E-state index in [0.717, 1.165) is 6.07 Å². The van der Waals surface area contributed by atoms with Crippen LogP contribution in [0.5, 0.6) is 0 Å². The average molecular weight is 201 g/mol. The molecule has 0 amide bonds. The van der Waals surface area contributed by atoms with Crippen molar-refractivity contribution >= 4 is 16.6 Å². The zero-order valence-electron chi connectivity index (χ0n) is 6.89. The molecule has 0 spiro atoms. The largest absolute Gasteiger partial charge is 0.418 e. The first-order chi connectivity index (χ1) is 6.48. The Kier molecular flexibility index (Phi) is 1.67. The van der Waals surface area contributed by atoms with Crippen LogP contribution in [0.2, 0.25) is 0 Å². The molecule has 0 radical (unpaired) electrons. The van der Waals surface area contributed by atoms with Gasteiger partial charge in [-0.2, -0.15) is 18.3 Å². The lowest BCUT2D eigenvalue weighted by Gasteiger charge is -2.09. The van der Waals surface area contributed by atoms with Crippen molar-refractivity contribution in [3.8, 4) is 0 Å². The van der Waals surface area contributed by atoms with E-state index in [9.17, 15) is 13.2 Å². The molecule has 0 aliphatic heterocycles. The molecule has 0 saturated carbocycles. The summed E-state index contributed by atoms with van der Waals surface area (Å²) in [7, 11) is 0. The van der Waals surface area contributed by atoms with Crippen LogP contribution in [0.1, 0.15) is 5.56 Å². The first-order valence-electron chi connectivity index (χ1n) is 3.78. The fourth-order valence-electron chi connectivity index (χ4n) is 1.25. The zero-order chi connectivity index (χ0) is 10.3. The highest BCUT2D eigenvalue weighted by Gasteiger charge is 2.33. The molecule has 0 aliphatic rings. The SMILES string of the molecule is Nc1cc2cn[nH]c2cc1C(F)(F)F. The number of benzene rings is 1. The zero-order valence-corrected chi connectivity index (χ0v) is 6.89. The van der Waals surface area contributed by atoms with Crippen LogP contribution in [0.25, 0.3) is 10.9 Å². The van der Waals surface area contributed by atoms with Gasteiger partial charge in [0.2, 0.25) is 0 Å². The van der Waals surface area contributed by atoms with Crippen LogP contribution in [0.4, 0.5) is 18.9 Å². The van der Waals surface area contributed by atoms with E-state index in [1.54, 1.807) is 0 Å². The third kappa shape index (κ3) is 1.28. The third-order valence-electron chi connectivity index (χ3n) is 1.92. The summed E-state index contributed by atoms with van der Waals surface area (Å²) >= 11 is 0. The summed E-state index contributed by atoms with van der Waals surface area (Å²) in [5.41, 5.74) is 4.47. The number of H-pyrrole nitrogens is 1. The Morgan fingerprint density at radius 3 is 2.64 bits per heavy atom. The monoisotopic (exact) mass is 201 g/mol. The highest BCUT2D eigenvalue weighted by Crippen LogP contribution is 2.35. The van der Waals surface area contributed by atoms with Gasteiger partial charge in [-0.15, -0.1) is 0 Å². The molecule has 3 nitrogen and oxygen atoms in total. The van der Waals surface area contributed by atoms with Crippen LogP contribution >= 0.6 is 0 Å². The van der Waals surface area contributed by atoms with Crippen LogP contribution in [0, 0.1) is 0 Å². The van der Waals surface area contributed by atoms with E-state index in [2.05, 4.69) is 10.2 Å². The smallest absolute Gasteiger partial charge is 0.398 e. The standard InChI is InChI=1S/C8H6F3N3/c9-8(10,11)5-2-7-4(1-6(5)12)3-13-14-7/h1-3H,12H2,(H,13,14). The number of halogens is 3. The van der Waals surface area contributed by atoms with Crippen molar-refractivity contribution in [1.82, 2.24) is 10.2 Å². The topological polar surface area (TPSA) is 54.7 Å². The number of nitrogens with two attached hydrogens (primary N) is 1. The minimum Gasteiger partial charge on any atom is -0.398 e. The molecule has 0 unspecified atom stereocenters. The van der Waals surface area contributed by atoms with Gasteiger partial charge in [-0.3, -0.25) is 5.10 Å². The second-order valence-electron chi connectivity index (χ2n) is 2.89. The molecule has 2 aromatic rings. The molecule has 6 heteroatoms. The maximum Gasteiger partial charge on any atom is 0.418 e. The minimum absolute atomic E-state index is 0.286. The molecule has 0 aliphatic carbocycles. The van der Waals surface area contributed by atoms with E-state index in [1.165, 1.54) is 12.3 Å². The Morgan fingerprint density at radius 1 is 1.29 bits per heavy atom. The predicted molar refractivity (Wildman–Crippen MR) is 45.5 cm³/mol. The Bertz CT molecular complexity index is 472. The molecule has 1 heterocycles. The Morgan fingerprint density at radius 2 is 2.00 bits per heavy atom. The number of nitrogen functional groups attached to an aromatic ring is 1. The number of anilines is 1. The van der Waals surface area contributed by atoms with Crippen LogP contribution in [0.15, 0.2) is 18.3 Å². The summed E-state index contributed by atoms with van der Waals surface area (Å²) in [4.78, 5) is 0. The van der Waals surface area contributed by atoms with Crippen molar-refractivity contribution in [3.05, 3.63) is 23.9 Å². The number of aromatic nitrogens is 2. The van der Waals surface area contributed by atoms with Gasteiger partial charge in [0.1, 0.15) is 0 Å². The Hall–Kier alpha value is -1.72. The van der Waals surface area contributed by atoms with E-state index in [-0.39, 0.29) is 5.69 Å². The Balaban J connectivity index is 2.71. The average Bonchev–Trinajstić information content (AvgIpc) is 2.47. The summed E-state index contributed by atoms with van der Waals surface area (Å²) in [6, 6.07) is 2.21. The maximum absolute atomic E-state index is 12.4. The lowest BCUT2D eigenvalue weighted by atomic mass is 10.1. The van der Waals surface area contributed by atoms with Crippen molar-refractivity contribution < 1.29 is 13.2 Å². The highest BCUT2D eigenvalue weighted by atomic mass is 19.4. The van der Waals surface area contributed by atoms with Gasteiger partial charge in [-0.1, -0.05) is 0 Å². The van der Waals surface area contributed by atoms with Crippen LogP contribution < -0.4 is 5.73 Å². The van der Waals surface area contributed by atoms with E-state index in [4.69, 9.17) is 5.73 Å².